The molecule has 0 aromatic heterocycles. The van der Waals surface area contributed by atoms with Gasteiger partial charge in [0, 0.05) is 24.2 Å². The quantitative estimate of drug-likeness (QED) is 0.816. The predicted molar refractivity (Wildman–Crippen MR) is 88.9 cm³/mol. The molecule has 1 atom stereocenters. The van der Waals surface area contributed by atoms with Gasteiger partial charge in [-0.15, -0.1) is 0 Å². The number of benzene rings is 2. The summed E-state index contributed by atoms with van der Waals surface area (Å²) in [5, 5.41) is 5.56. The van der Waals surface area contributed by atoms with Crippen LogP contribution in [-0.2, 0) is 11.4 Å². The van der Waals surface area contributed by atoms with E-state index in [1.807, 2.05) is 0 Å². The zero-order valence-corrected chi connectivity index (χ0v) is 13.6. The zero-order valence-electron chi connectivity index (χ0n) is 13.6. The number of carbonyl (C=O) groups excluding carboxylic acids is 1. The molecule has 2 rings (SSSR count). The van der Waals surface area contributed by atoms with Crippen molar-refractivity contribution in [2.24, 2.45) is 5.92 Å². The van der Waals surface area contributed by atoms with Crippen LogP contribution in [-0.4, -0.2) is 19.5 Å². The van der Waals surface area contributed by atoms with Crippen LogP contribution in [0.4, 0.5) is 14.5 Å². The van der Waals surface area contributed by atoms with E-state index >= 15 is 0 Å². The van der Waals surface area contributed by atoms with E-state index in [4.69, 9.17) is 4.74 Å². The van der Waals surface area contributed by atoms with Gasteiger partial charge in [0.2, 0.25) is 5.91 Å². The van der Waals surface area contributed by atoms with Gasteiger partial charge >= 0.3 is 0 Å². The third kappa shape index (κ3) is 5.03. The van der Waals surface area contributed by atoms with Crippen LogP contribution >= 0.6 is 0 Å². The number of halogens is 2. The van der Waals surface area contributed by atoms with Crippen molar-refractivity contribution in [3.8, 4) is 5.75 Å². The zero-order chi connectivity index (χ0) is 17.5. The van der Waals surface area contributed by atoms with Crippen molar-refractivity contribution in [2.75, 3.05) is 18.9 Å². The lowest BCUT2D eigenvalue weighted by Crippen LogP contribution is -2.28. The van der Waals surface area contributed by atoms with Crippen LogP contribution in [0.15, 0.2) is 42.5 Å². The van der Waals surface area contributed by atoms with Crippen molar-refractivity contribution in [3.05, 3.63) is 59.7 Å². The highest BCUT2D eigenvalue weighted by Gasteiger charge is 2.13. The van der Waals surface area contributed by atoms with Crippen LogP contribution in [0.2, 0.25) is 0 Å². The van der Waals surface area contributed by atoms with E-state index in [1.54, 1.807) is 32.2 Å². The van der Waals surface area contributed by atoms with Crippen molar-refractivity contribution < 1.29 is 18.3 Å². The molecule has 128 valence electrons. The predicted octanol–water partition coefficient (Wildman–Crippen LogP) is 3.34. The van der Waals surface area contributed by atoms with E-state index in [0.717, 1.165) is 0 Å². The lowest BCUT2D eigenvalue weighted by atomic mass is 10.1. The first-order chi connectivity index (χ1) is 11.5. The fourth-order valence-corrected chi connectivity index (χ4v) is 2.15. The van der Waals surface area contributed by atoms with Crippen LogP contribution in [0.3, 0.4) is 0 Å². The van der Waals surface area contributed by atoms with E-state index in [9.17, 15) is 13.6 Å². The van der Waals surface area contributed by atoms with Crippen molar-refractivity contribution in [2.45, 2.75) is 13.5 Å². The lowest BCUT2D eigenvalue weighted by Gasteiger charge is -2.13. The Bertz CT molecular complexity index is 707. The van der Waals surface area contributed by atoms with Crippen molar-refractivity contribution in [3.63, 3.8) is 0 Å². The summed E-state index contributed by atoms with van der Waals surface area (Å²) in [6, 6.07) is 10.1. The van der Waals surface area contributed by atoms with E-state index in [-0.39, 0.29) is 30.0 Å². The second-order valence-corrected chi connectivity index (χ2v) is 5.51. The molecule has 0 heterocycles. The van der Waals surface area contributed by atoms with Crippen LogP contribution in [0.1, 0.15) is 12.5 Å². The van der Waals surface area contributed by atoms with Gasteiger partial charge in [0.1, 0.15) is 12.4 Å². The number of rotatable bonds is 7. The minimum Gasteiger partial charge on any atom is -0.486 e. The highest BCUT2D eigenvalue weighted by Crippen LogP contribution is 2.22. The Labute approximate surface area is 139 Å². The fraction of sp³-hybridized carbons (Fsp3) is 0.278. The molecule has 1 unspecified atom stereocenters. The Balaban J connectivity index is 1.98. The molecule has 2 aromatic rings. The molecule has 0 fully saturated rings. The third-order valence-electron chi connectivity index (χ3n) is 3.44. The normalized spacial score (nSPS) is 11.8. The molecule has 0 saturated heterocycles. The minimum atomic E-state index is -0.592. The van der Waals surface area contributed by atoms with Crippen LogP contribution in [0, 0.1) is 17.6 Å². The Morgan fingerprint density at radius 1 is 1.21 bits per heavy atom. The monoisotopic (exact) mass is 334 g/mol. The maximum absolute atomic E-state index is 14.1. The molecule has 2 N–H and O–H groups in total. The van der Waals surface area contributed by atoms with Gasteiger partial charge in [0.05, 0.1) is 0 Å². The molecule has 2 aromatic carbocycles. The first-order valence-electron chi connectivity index (χ1n) is 7.62. The molecule has 0 aliphatic carbocycles. The average molecular weight is 334 g/mol. The SMILES string of the molecule is CNCC(C)C(=O)Nc1ccc(OCc2cccc(F)c2)c(F)c1. The Hall–Kier alpha value is -2.47. The summed E-state index contributed by atoms with van der Waals surface area (Å²) >= 11 is 0. The maximum Gasteiger partial charge on any atom is 0.228 e. The molecule has 1 amide bonds. The van der Waals surface area contributed by atoms with Gasteiger partial charge in [-0.1, -0.05) is 19.1 Å². The van der Waals surface area contributed by atoms with Gasteiger partial charge < -0.3 is 15.4 Å². The molecule has 0 bridgehead atoms. The minimum absolute atomic E-state index is 0.0422. The van der Waals surface area contributed by atoms with E-state index in [2.05, 4.69) is 10.6 Å². The molecule has 4 nitrogen and oxygen atoms in total. The number of hydrogen-bond acceptors (Lipinski definition) is 3. The van der Waals surface area contributed by atoms with Gasteiger partial charge in [-0.3, -0.25) is 4.79 Å². The van der Waals surface area contributed by atoms with Gasteiger partial charge in [-0.2, -0.15) is 0 Å². The standard InChI is InChI=1S/C18H20F2N2O2/c1-12(10-21-2)18(23)22-15-6-7-17(16(20)9-15)24-11-13-4-3-5-14(19)8-13/h3-9,12,21H,10-11H2,1-2H3,(H,22,23). The van der Waals surface area contributed by atoms with E-state index in [0.29, 0.717) is 17.8 Å². The molecule has 0 radical (unpaired) electrons. The topological polar surface area (TPSA) is 50.4 Å². The number of carbonyl (C=O) groups is 1. The fourth-order valence-electron chi connectivity index (χ4n) is 2.15. The van der Waals surface area contributed by atoms with E-state index in [1.165, 1.54) is 24.3 Å². The number of anilines is 1. The molecule has 0 aliphatic heterocycles. The molecular weight excluding hydrogens is 314 g/mol. The smallest absolute Gasteiger partial charge is 0.228 e. The molecule has 24 heavy (non-hydrogen) atoms. The summed E-state index contributed by atoms with van der Waals surface area (Å²) in [5.74, 6) is -1.35. The highest BCUT2D eigenvalue weighted by atomic mass is 19.1. The van der Waals surface area contributed by atoms with Crippen LogP contribution in [0.5, 0.6) is 5.75 Å². The highest BCUT2D eigenvalue weighted by molar-refractivity contribution is 5.92. The summed E-state index contributed by atoms with van der Waals surface area (Å²) in [6.45, 7) is 2.36. The van der Waals surface area contributed by atoms with E-state index < -0.39 is 5.82 Å². The largest absolute Gasteiger partial charge is 0.486 e. The summed E-state index contributed by atoms with van der Waals surface area (Å²) < 4.78 is 32.5. The molecular formula is C18H20F2N2O2. The Morgan fingerprint density at radius 3 is 2.67 bits per heavy atom. The van der Waals surface area contributed by atoms with Gasteiger partial charge in [0.25, 0.3) is 0 Å². The average Bonchev–Trinajstić information content (AvgIpc) is 2.54. The van der Waals surface area contributed by atoms with Crippen LogP contribution in [0.25, 0.3) is 0 Å². The van der Waals surface area contributed by atoms with Gasteiger partial charge in [-0.25, -0.2) is 8.78 Å². The second-order valence-electron chi connectivity index (χ2n) is 5.51. The number of ether oxygens (including phenoxy) is 1. The van der Waals surface area contributed by atoms with Gasteiger partial charge in [-0.05, 0) is 36.9 Å². The molecule has 6 heteroatoms. The third-order valence-corrected chi connectivity index (χ3v) is 3.44. The number of amides is 1. The second kappa shape index (κ2) is 8.40. The van der Waals surface area contributed by atoms with Crippen molar-refractivity contribution >= 4 is 11.6 Å². The molecule has 0 spiro atoms. The van der Waals surface area contributed by atoms with Gasteiger partial charge in [0.15, 0.2) is 11.6 Å². The number of nitrogens with one attached hydrogen (secondary N) is 2. The number of hydrogen-bond donors (Lipinski definition) is 2. The summed E-state index contributed by atoms with van der Waals surface area (Å²) in [5.41, 5.74) is 0.964. The molecule has 0 aliphatic rings. The summed E-state index contributed by atoms with van der Waals surface area (Å²) in [7, 11) is 1.76. The maximum atomic E-state index is 14.1. The van der Waals surface area contributed by atoms with Crippen LogP contribution < -0.4 is 15.4 Å². The Kier molecular flexibility index (Phi) is 6.26. The lowest BCUT2D eigenvalue weighted by molar-refractivity contribution is -0.119. The first-order valence-corrected chi connectivity index (χ1v) is 7.62. The summed E-state index contributed by atoms with van der Waals surface area (Å²) in [6.07, 6.45) is 0. The Morgan fingerprint density at radius 2 is 2.00 bits per heavy atom. The molecule has 0 saturated carbocycles. The van der Waals surface area contributed by atoms with Crippen molar-refractivity contribution in [1.82, 2.24) is 5.32 Å². The first kappa shape index (κ1) is 17.9. The summed E-state index contributed by atoms with van der Waals surface area (Å²) in [4.78, 5) is 11.9. The van der Waals surface area contributed by atoms with Crippen molar-refractivity contribution in [1.29, 1.82) is 0 Å².